The highest BCUT2D eigenvalue weighted by Gasteiger charge is 2.23. The molecular weight excluding hydrogens is 282 g/mol. The summed E-state index contributed by atoms with van der Waals surface area (Å²) < 4.78 is 6.83. The number of anilines is 1. The van der Waals surface area contributed by atoms with Crippen molar-refractivity contribution < 1.29 is 9.32 Å². The van der Waals surface area contributed by atoms with Crippen LogP contribution in [0.3, 0.4) is 0 Å². The molecule has 120 valence electrons. The largest absolute Gasteiger partial charge is 0.360 e. The lowest BCUT2D eigenvalue weighted by Gasteiger charge is -2.26. The number of hydrogen-bond acceptors (Lipinski definition) is 5. The summed E-state index contributed by atoms with van der Waals surface area (Å²) in [5, 5.41) is 14.1. The van der Waals surface area contributed by atoms with Crippen LogP contribution in [0.2, 0.25) is 0 Å². The molecule has 0 aromatic carbocycles. The number of carbonyl (C=O) groups excluding carboxylic acids is 1. The van der Waals surface area contributed by atoms with Gasteiger partial charge in [-0.15, -0.1) is 0 Å². The van der Waals surface area contributed by atoms with Crippen molar-refractivity contribution in [1.29, 1.82) is 0 Å². The molecular formula is C15H23N5O2. The lowest BCUT2D eigenvalue weighted by molar-refractivity contribution is -0.118. The summed E-state index contributed by atoms with van der Waals surface area (Å²) in [6.45, 7) is 7.86. The van der Waals surface area contributed by atoms with Gasteiger partial charge < -0.3 is 15.2 Å². The lowest BCUT2D eigenvalue weighted by Crippen LogP contribution is -2.47. The van der Waals surface area contributed by atoms with Crippen LogP contribution in [0.4, 0.5) is 5.82 Å². The number of aryl methyl sites for hydroxylation is 1. The highest BCUT2D eigenvalue weighted by molar-refractivity contribution is 5.93. The van der Waals surface area contributed by atoms with Gasteiger partial charge in [0.1, 0.15) is 5.76 Å². The summed E-state index contributed by atoms with van der Waals surface area (Å²) in [5.41, 5.74) is 0. The standard InChI is InChI=1S/C15H23N5O2/c1-5-13(15(21)18-14-9-10(2)22-19-14)17-11(3)12(4)20-8-6-7-16-20/h6-9,11-13,17H,5H2,1-4H3,(H,18,19,21). The maximum atomic E-state index is 12.3. The van der Waals surface area contributed by atoms with Gasteiger partial charge in [-0.3, -0.25) is 9.48 Å². The predicted molar refractivity (Wildman–Crippen MR) is 83.5 cm³/mol. The smallest absolute Gasteiger partial charge is 0.242 e. The lowest BCUT2D eigenvalue weighted by atomic mass is 10.1. The van der Waals surface area contributed by atoms with Crippen molar-refractivity contribution >= 4 is 11.7 Å². The third-order valence-corrected chi connectivity index (χ3v) is 3.73. The predicted octanol–water partition coefficient (Wildman–Crippen LogP) is 2.14. The monoisotopic (exact) mass is 305 g/mol. The third-order valence-electron chi connectivity index (χ3n) is 3.73. The molecule has 0 aliphatic heterocycles. The normalized spacial score (nSPS) is 15.3. The van der Waals surface area contributed by atoms with Gasteiger partial charge in [0.2, 0.25) is 5.91 Å². The van der Waals surface area contributed by atoms with E-state index in [1.807, 2.05) is 30.8 Å². The summed E-state index contributed by atoms with van der Waals surface area (Å²) in [4.78, 5) is 12.3. The Kier molecular flexibility index (Phi) is 5.32. The van der Waals surface area contributed by atoms with Crippen molar-refractivity contribution in [3.63, 3.8) is 0 Å². The first-order valence-corrected chi connectivity index (χ1v) is 7.50. The Morgan fingerprint density at radius 1 is 1.45 bits per heavy atom. The fourth-order valence-electron chi connectivity index (χ4n) is 2.22. The van der Waals surface area contributed by atoms with Crippen LogP contribution in [0, 0.1) is 6.92 Å². The van der Waals surface area contributed by atoms with Crippen LogP contribution in [-0.4, -0.2) is 32.9 Å². The fraction of sp³-hybridized carbons (Fsp3) is 0.533. The Hall–Kier alpha value is -2.15. The molecule has 0 fully saturated rings. The Morgan fingerprint density at radius 3 is 2.77 bits per heavy atom. The quantitative estimate of drug-likeness (QED) is 0.818. The highest BCUT2D eigenvalue weighted by atomic mass is 16.5. The number of amides is 1. The molecule has 0 aliphatic rings. The summed E-state index contributed by atoms with van der Waals surface area (Å²) in [6, 6.07) is 3.52. The van der Waals surface area contributed by atoms with Crippen molar-refractivity contribution in [2.75, 3.05) is 5.32 Å². The molecule has 22 heavy (non-hydrogen) atoms. The molecule has 1 amide bonds. The van der Waals surface area contributed by atoms with E-state index < -0.39 is 0 Å². The molecule has 0 spiro atoms. The van der Waals surface area contributed by atoms with Crippen LogP contribution < -0.4 is 10.6 Å². The highest BCUT2D eigenvalue weighted by Crippen LogP contribution is 2.12. The molecule has 0 bridgehead atoms. The second-order valence-electron chi connectivity index (χ2n) is 5.45. The minimum Gasteiger partial charge on any atom is -0.360 e. The van der Waals surface area contributed by atoms with E-state index in [1.54, 1.807) is 19.2 Å². The second-order valence-corrected chi connectivity index (χ2v) is 5.45. The average molecular weight is 305 g/mol. The number of nitrogens with zero attached hydrogens (tertiary/aromatic N) is 3. The molecule has 2 heterocycles. The Morgan fingerprint density at radius 2 is 2.23 bits per heavy atom. The van der Waals surface area contributed by atoms with E-state index in [4.69, 9.17) is 4.52 Å². The van der Waals surface area contributed by atoms with Crippen molar-refractivity contribution in [1.82, 2.24) is 20.3 Å². The van der Waals surface area contributed by atoms with Gasteiger partial charge in [0, 0.05) is 24.5 Å². The fourth-order valence-corrected chi connectivity index (χ4v) is 2.22. The number of nitrogens with one attached hydrogen (secondary N) is 2. The minimum atomic E-state index is -0.301. The summed E-state index contributed by atoms with van der Waals surface area (Å²) >= 11 is 0. The summed E-state index contributed by atoms with van der Waals surface area (Å²) in [7, 11) is 0. The maximum absolute atomic E-state index is 12.3. The summed E-state index contributed by atoms with van der Waals surface area (Å²) in [6.07, 6.45) is 4.35. The Balaban J connectivity index is 1.94. The van der Waals surface area contributed by atoms with Gasteiger partial charge in [-0.1, -0.05) is 12.1 Å². The van der Waals surface area contributed by atoms with Gasteiger partial charge in [-0.05, 0) is 33.3 Å². The molecule has 3 atom stereocenters. The van der Waals surface area contributed by atoms with Gasteiger partial charge in [0.15, 0.2) is 5.82 Å². The van der Waals surface area contributed by atoms with Gasteiger partial charge in [-0.25, -0.2) is 0 Å². The van der Waals surface area contributed by atoms with Crippen molar-refractivity contribution in [2.45, 2.75) is 52.2 Å². The first-order valence-electron chi connectivity index (χ1n) is 7.50. The van der Waals surface area contributed by atoms with Crippen LogP contribution in [0.1, 0.15) is 39.0 Å². The molecule has 2 aromatic heterocycles. The topological polar surface area (TPSA) is 85.0 Å². The van der Waals surface area contributed by atoms with Crippen molar-refractivity contribution in [3.8, 4) is 0 Å². The minimum absolute atomic E-state index is 0.0923. The third kappa shape index (κ3) is 3.94. The molecule has 0 saturated carbocycles. The summed E-state index contributed by atoms with van der Waals surface area (Å²) in [5.74, 6) is 0.989. The zero-order chi connectivity index (χ0) is 16.1. The molecule has 0 radical (unpaired) electrons. The zero-order valence-electron chi connectivity index (χ0n) is 13.4. The zero-order valence-corrected chi connectivity index (χ0v) is 13.4. The number of rotatable bonds is 7. The molecule has 2 N–H and O–H groups in total. The van der Waals surface area contributed by atoms with E-state index in [9.17, 15) is 4.79 Å². The van der Waals surface area contributed by atoms with Gasteiger partial charge >= 0.3 is 0 Å². The van der Waals surface area contributed by atoms with Crippen LogP contribution in [0.15, 0.2) is 29.0 Å². The van der Waals surface area contributed by atoms with Crippen molar-refractivity contribution in [2.24, 2.45) is 0 Å². The molecule has 7 heteroatoms. The van der Waals surface area contributed by atoms with Gasteiger partial charge in [0.05, 0.1) is 12.1 Å². The van der Waals surface area contributed by atoms with Crippen LogP contribution >= 0.6 is 0 Å². The molecule has 3 unspecified atom stereocenters. The van der Waals surface area contributed by atoms with E-state index >= 15 is 0 Å². The molecule has 0 saturated heterocycles. The SMILES string of the molecule is CCC(NC(C)C(C)n1cccn1)C(=O)Nc1cc(C)on1. The van der Waals surface area contributed by atoms with Gasteiger partial charge in [0.25, 0.3) is 0 Å². The van der Waals surface area contributed by atoms with Crippen LogP contribution in [0.5, 0.6) is 0 Å². The van der Waals surface area contributed by atoms with Crippen molar-refractivity contribution in [3.05, 3.63) is 30.3 Å². The average Bonchev–Trinajstić information content (AvgIpc) is 3.15. The van der Waals surface area contributed by atoms with Crippen LogP contribution in [-0.2, 0) is 4.79 Å². The van der Waals surface area contributed by atoms with E-state index in [0.717, 1.165) is 0 Å². The maximum Gasteiger partial charge on any atom is 0.242 e. The number of hydrogen-bond donors (Lipinski definition) is 2. The van der Waals surface area contributed by atoms with E-state index in [-0.39, 0.29) is 24.0 Å². The van der Waals surface area contributed by atoms with E-state index in [2.05, 4.69) is 27.8 Å². The van der Waals surface area contributed by atoms with Crippen LogP contribution in [0.25, 0.3) is 0 Å². The Bertz CT molecular complexity index is 593. The van der Waals surface area contributed by atoms with Gasteiger partial charge in [-0.2, -0.15) is 5.10 Å². The van der Waals surface area contributed by atoms with E-state index in [1.165, 1.54) is 0 Å². The first kappa shape index (κ1) is 16.2. The molecule has 2 rings (SSSR count). The number of carbonyl (C=O) groups is 1. The molecule has 7 nitrogen and oxygen atoms in total. The number of aromatic nitrogens is 3. The molecule has 0 aliphatic carbocycles. The van der Waals surface area contributed by atoms with E-state index in [0.29, 0.717) is 18.0 Å². The molecule has 2 aromatic rings. The first-order chi connectivity index (χ1) is 10.5. The Labute approximate surface area is 130 Å². The second kappa shape index (κ2) is 7.22.